The molecule has 2 unspecified atom stereocenters. The highest BCUT2D eigenvalue weighted by molar-refractivity contribution is 5.24. The summed E-state index contributed by atoms with van der Waals surface area (Å²) in [5.74, 6) is 0.674. The molecule has 0 spiro atoms. The summed E-state index contributed by atoms with van der Waals surface area (Å²) in [7, 11) is 2.15. The molecule has 2 nitrogen and oxygen atoms in total. The Morgan fingerprint density at radius 2 is 1.65 bits per heavy atom. The number of rotatable bonds is 5. The van der Waals surface area contributed by atoms with Crippen LogP contribution in [0.1, 0.15) is 37.9 Å². The van der Waals surface area contributed by atoms with Crippen LogP contribution in [0, 0.1) is 12.8 Å². The van der Waals surface area contributed by atoms with Gasteiger partial charge in [-0.3, -0.25) is 0 Å². The van der Waals surface area contributed by atoms with Crippen molar-refractivity contribution in [3.63, 3.8) is 0 Å². The third kappa shape index (κ3) is 4.14. The molecule has 1 rings (SSSR count). The summed E-state index contributed by atoms with van der Waals surface area (Å²) in [5, 5.41) is 0. The lowest BCUT2D eigenvalue weighted by atomic mass is 9.99. The Balaban J connectivity index is 2.68. The van der Waals surface area contributed by atoms with Gasteiger partial charge in [-0.15, -0.1) is 0 Å². The van der Waals surface area contributed by atoms with Crippen molar-refractivity contribution < 1.29 is 0 Å². The first-order valence-corrected chi connectivity index (χ1v) is 6.44. The maximum atomic E-state index is 6.32. The van der Waals surface area contributed by atoms with Crippen LogP contribution in [0.15, 0.2) is 24.3 Å². The lowest BCUT2D eigenvalue weighted by molar-refractivity contribution is 0.204. The van der Waals surface area contributed by atoms with Crippen LogP contribution < -0.4 is 5.73 Å². The first-order chi connectivity index (χ1) is 7.91. The van der Waals surface area contributed by atoms with Crippen LogP contribution in [0.2, 0.25) is 0 Å². The Morgan fingerprint density at radius 3 is 2.12 bits per heavy atom. The van der Waals surface area contributed by atoms with E-state index in [9.17, 15) is 0 Å². The number of hydrogen-bond acceptors (Lipinski definition) is 2. The first kappa shape index (κ1) is 14.2. The molecule has 2 atom stereocenters. The zero-order chi connectivity index (χ0) is 13.0. The Bertz CT molecular complexity index is 329. The predicted molar refractivity (Wildman–Crippen MR) is 75.0 cm³/mol. The van der Waals surface area contributed by atoms with Gasteiger partial charge in [-0.25, -0.2) is 0 Å². The van der Waals surface area contributed by atoms with Crippen molar-refractivity contribution >= 4 is 0 Å². The summed E-state index contributed by atoms with van der Waals surface area (Å²) in [6.45, 7) is 9.86. The molecule has 0 amide bonds. The molecule has 2 heteroatoms. The molecule has 1 aromatic rings. The second-order valence-electron chi connectivity index (χ2n) is 5.51. The molecule has 0 radical (unpaired) electrons. The van der Waals surface area contributed by atoms with Crippen LogP contribution in [-0.4, -0.2) is 24.5 Å². The number of likely N-dealkylation sites (N-methyl/N-ethyl adjacent to an activating group) is 1. The Labute approximate surface area is 106 Å². The molecule has 0 aliphatic heterocycles. The van der Waals surface area contributed by atoms with E-state index in [2.05, 4.69) is 63.9 Å². The van der Waals surface area contributed by atoms with Gasteiger partial charge in [0.25, 0.3) is 0 Å². The van der Waals surface area contributed by atoms with E-state index < -0.39 is 0 Å². The van der Waals surface area contributed by atoms with Gasteiger partial charge in [0.15, 0.2) is 0 Å². The molecule has 0 saturated carbocycles. The molecule has 17 heavy (non-hydrogen) atoms. The maximum absolute atomic E-state index is 6.32. The summed E-state index contributed by atoms with van der Waals surface area (Å²) in [6.07, 6.45) is 0. The highest BCUT2D eigenvalue weighted by Crippen LogP contribution is 2.18. The molecular formula is C15H26N2. The number of nitrogens with zero attached hydrogens (tertiary/aromatic N) is 1. The van der Waals surface area contributed by atoms with Crippen molar-refractivity contribution in [3.8, 4) is 0 Å². The van der Waals surface area contributed by atoms with Crippen molar-refractivity contribution in [2.24, 2.45) is 11.7 Å². The fourth-order valence-corrected chi connectivity index (χ4v) is 2.08. The van der Waals surface area contributed by atoms with E-state index >= 15 is 0 Å². The van der Waals surface area contributed by atoms with Gasteiger partial charge in [-0.2, -0.15) is 0 Å². The minimum Gasteiger partial charge on any atom is -0.323 e. The first-order valence-electron chi connectivity index (χ1n) is 6.44. The van der Waals surface area contributed by atoms with E-state index in [-0.39, 0.29) is 6.04 Å². The molecule has 96 valence electrons. The van der Waals surface area contributed by atoms with Crippen LogP contribution in [0.25, 0.3) is 0 Å². The number of aryl methyl sites for hydroxylation is 1. The monoisotopic (exact) mass is 234 g/mol. The summed E-state index contributed by atoms with van der Waals surface area (Å²) in [4.78, 5) is 2.34. The quantitative estimate of drug-likeness (QED) is 0.848. The summed E-state index contributed by atoms with van der Waals surface area (Å²) in [5.41, 5.74) is 8.83. The molecule has 0 saturated heterocycles. The number of benzene rings is 1. The Kier molecular flexibility index (Phi) is 5.16. The minimum atomic E-state index is 0.0827. The summed E-state index contributed by atoms with van der Waals surface area (Å²) >= 11 is 0. The lowest BCUT2D eigenvalue weighted by Crippen LogP contribution is -2.40. The van der Waals surface area contributed by atoms with Crippen molar-refractivity contribution in [1.82, 2.24) is 4.90 Å². The van der Waals surface area contributed by atoms with Crippen molar-refractivity contribution in [1.29, 1.82) is 0 Å². The van der Waals surface area contributed by atoms with Gasteiger partial charge in [-0.05, 0) is 32.4 Å². The van der Waals surface area contributed by atoms with E-state index in [4.69, 9.17) is 5.73 Å². The van der Waals surface area contributed by atoms with Crippen LogP contribution in [0.5, 0.6) is 0 Å². The van der Waals surface area contributed by atoms with Gasteiger partial charge in [0.1, 0.15) is 0 Å². The minimum absolute atomic E-state index is 0.0827. The SMILES string of the molecule is Cc1ccc(C(N)C(C)N(C)CC(C)C)cc1. The van der Waals surface area contributed by atoms with Gasteiger partial charge in [-0.1, -0.05) is 43.7 Å². The zero-order valence-electron chi connectivity index (χ0n) is 11.8. The normalized spacial score (nSPS) is 15.3. The summed E-state index contributed by atoms with van der Waals surface area (Å²) < 4.78 is 0. The molecule has 0 heterocycles. The average molecular weight is 234 g/mol. The van der Waals surface area contributed by atoms with Crippen LogP contribution in [-0.2, 0) is 0 Å². The third-order valence-corrected chi connectivity index (χ3v) is 3.33. The fourth-order valence-electron chi connectivity index (χ4n) is 2.08. The summed E-state index contributed by atoms with van der Waals surface area (Å²) in [6, 6.07) is 8.98. The van der Waals surface area contributed by atoms with Gasteiger partial charge >= 0.3 is 0 Å². The van der Waals surface area contributed by atoms with Crippen LogP contribution >= 0.6 is 0 Å². The van der Waals surface area contributed by atoms with E-state index in [0.29, 0.717) is 12.0 Å². The molecule has 0 bridgehead atoms. The van der Waals surface area contributed by atoms with Crippen LogP contribution in [0.4, 0.5) is 0 Å². The molecule has 1 aromatic carbocycles. The highest BCUT2D eigenvalue weighted by Gasteiger charge is 2.19. The van der Waals surface area contributed by atoms with Crippen molar-refractivity contribution in [3.05, 3.63) is 35.4 Å². The predicted octanol–water partition coefficient (Wildman–Crippen LogP) is 2.97. The lowest BCUT2D eigenvalue weighted by Gasteiger charge is -2.31. The molecule has 0 fully saturated rings. The number of nitrogens with two attached hydrogens (primary N) is 1. The molecular weight excluding hydrogens is 208 g/mol. The Hall–Kier alpha value is -0.860. The second kappa shape index (κ2) is 6.18. The number of hydrogen-bond donors (Lipinski definition) is 1. The highest BCUT2D eigenvalue weighted by atomic mass is 15.1. The van der Waals surface area contributed by atoms with E-state index in [1.165, 1.54) is 11.1 Å². The third-order valence-electron chi connectivity index (χ3n) is 3.33. The molecule has 2 N–H and O–H groups in total. The standard InChI is InChI=1S/C15H26N2/c1-11(2)10-17(5)13(4)15(16)14-8-6-12(3)7-9-14/h6-9,11,13,15H,10,16H2,1-5H3. The fraction of sp³-hybridized carbons (Fsp3) is 0.600. The van der Waals surface area contributed by atoms with Gasteiger partial charge in [0.05, 0.1) is 0 Å². The van der Waals surface area contributed by atoms with Crippen molar-refractivity contribution in [2.75, 3.05) is 13.6 Å². The average Bonchev–Trinajstić information content (AvgIpc) is 2.27. The van der Waals surface area contributed by atoms with E-state index in [0.717, 1.165) is 6.54 Å². The second-order valence-corrected chi connectivity index (χ2v) is 5.51. The largest absolute Gasteiger partial charge is 0.323 e. The van der Waals surface area contributed by atoms with E-state index in [1.807, 2.05) is 0 Å². The zero-order valence-corrected chi connectivity index (χ0v) is 11.8. The van der Waals surface area contributed by atoms with Crippen molar-refractivity contribution in [2.45, 2.75) is 39.8 Å². The van der Waals surface area contributed by atoms with E-state index in [1.54, 1.807) is 0 Å². The molecule has 0 aliphatic rings. The molecule has 0 aliphatic carbocycles. The maximum Gasteiger partial charge on any atom is 0.0450 e. The smallest absolute Gasteiger partial charge is 0.0450 e. The van der Waals surface area contributed by atoms with Gasteiger partial charge < -0.3 is 10.6 Å². The molecule has 0 aromatic heterocycles. The Morgan fingerprint density at radius 1 is 1.12 bits per heavy atom. The topological polar surface area (TPSA) is 29.3 Å². The van der Waals surface area contributed by atoms with Crippen LogP contribution in [0.3, 0.4) is 0 Å². The van der Waals surface area contributed by atoms with Gasteiger partial charge in [0, 0.05) is 18.6 Å². The van der Waals surface area contributed by atoms with Gasteiger partial charge in [0.2, 0.25) is 0 Å².